The number of nitrogens with one attached hydrogen (secondary N) is 1. The summed E-state index contributed by atoms with van der Waals surface area (Å²) in [5.74, 6) is 6.19. The first-order valence-electron chi connectivity index (χ1n) is 4.96. The minimum Gasteiger partial charge on any atom is -0.308 e. The van der Waals surface area contributed by atoms with E-state index in [4.69, 9.17) is 5.84 Å². The van der Waals surface area contributed by atoms with Gasteiger partial charge < -0.3 is 5.43 Å². The first-order chi connectivity index (χ1) is 7.19. The van der Waals surface area contributed by atoms with Crippen LogP contribution in [0.2, 0.25) is 0 Å². The van der Waals surface area contributed by atoms with Crippen LogP contribution in [0.5, 0.6) is 0 Å². The minimum atomic E-state index is 0.729. The van der Waals surface area contributed by atoms with Crippen molar-refractivity contribution in [2.45, 2.75) is 20.3 Å². The van der Waals surface area contributed by atoms with Gasteiger partial charge in [0.1, 0.15) is 5.84 Å². The van der Waals surface area contributed by atoms with Crippen LogP contribution in [0.4, 0.5) is 0 Å². The van der Waals surface area contributed by atoms with E-state index in [0.29, 0.717) is 0 Å². The molecule has 0 aromatic heterocycles. The molecule has 0 saturated heterocycles. The van der Waals surface area contributed by atoms with Gasteiger partial charge in [-0.25, -0.2) is 5.84 Å². The summed E-state index contributed by atoms with van der Waals surface area (Å²) in [6.07, 6.45) is 1.01. The van der Waals surface area contributed by atoms with Crippen LogP contribution in [-0.4, -0.2) is 12.4 Å². The summed E-state index contributed by atoms with van der Waals surface area (Å²) in [5, 5.41) is 0. The molecule has 1 rings (SSSR count). The maximum absolute atomic E-state index is 5.46. The van der Waals surface area contributed by atoms with E-state index < -0.39 is 0 Å². The Bertz CT molecular complexity index is 361. The third-order valence-electron chi connectivity index (χ3n) is 2.01. The number of rotatable bonds is 3. The standard InChI is InChI=1S/C11H16BrN3/c1-3-6-14-11(15-13)9-7-8(2)4-5-10(9)12/h4-5,7H,3,6,13H2,1-2H3,(H,14,15). The Labute approximate surface area is 98.9 Å². The molecule has 1 aromatic carbocycles. The Balaban J connectivity index is 3.05. The maximum atomic E-state index is 5.46. The molecule has 0 fully saturated rings. The molecule has 15 heavy (non-hydrogen) atoms. The zero-order valence-corrected chi connectivity index (χ0v) is 10.6. The fraction of sp³-hybridized carbons (Fsp3) is 0.364. The van der Waals surface area contributed by atoms with Crippen molar-refractivity contribution in [3.8, 4) is 0 Å². The molecule has 82 valence electrons. The molecule has 0 bridgehead atoms. The van der Waals surface area contributed by atoms with Crippen molar-refractivity contribution < 1.29 is 0 Å². The van der Waals surface area contributed by atoms with Gasteiger partial charge in [0.05, 0.1) is 0 Å². The molecule has 0 aliphatic heterocycles. The summed E-state index contributed by atoms with van der Waals surface area (Å²) in [5.41, 5.74) is 4.83. The number of nitrogens with two attached hydrogens (primary N) is 1. The van der Waals surface area contributed by atoms with Gasteiger partial charge in [0.15, 0.2) is 0 Å². The predicted octanol–water partition coefficient (Wildman–Crippen LogP) is 2.38. The van der Waals surface area contributed by atoms with E-state index in [1.807, 2.05) is 19.1 Å². The highest BCUT2D eigenvalue weighted by atomic mass is 79.9. The van der Waals surface area contributed by atoms with E-state index in [2.05, 4.69) is 39.3 Å². The van der Waals surface area contributed by atoms with Crippen molar-refractivity contribution in [3.05, 3.63) is 33.8 Å². The lowest BCUT2D eigenvalue weighted by Crippen LogP contribution is -2.31. The molecule has 0 amide bonds. The fourth-order valence-corrected chi connectivity index (χ4v) is 1.69. The summed E-state index contributed by atoms with van der Waals surface area (Å²) in [6.45, 7) is 4.91. The molecular weight excluding hydrogens is 254 g/mol. The monoisotopic (exact) mass is 269 g/mol. The fourth-order valence-electron chi connectivity index (χ4n) is 1.25. The second-order valence-corrected chi connectivity index (χ2v) is 4.21. The van der Waals surface area contributed by atoms with E-state index >= 15 is 0 Å². The highest BCUT2D eigenvalue weighted by Crippen LogP contribution is 2.18. The number of hydrogen-bond acceptors (Lipinski definition) is 2. The van der Waals surface area contributed by atoms with Gasteiger partial charge >= 0.3 is 0 Å². The molecular formula is C11H16BrN3. The average molecular weight is 270 g/mol. The molecule has 1 aromatic rings. The van der Waals surface area contributed by atoms with Gasteiger partial charge in [-0.15, -0.1) is 0 Å². The Morgan fingerprint density at radius 1 is 1.53 bits per heavy atom. The lowest BCUT2D eigenvalue weighted by Gasteiger charge is -2.08. The van der Waals surface area contributed by atoms with Crippen LogP contribution in [-0.2, 0) is 0 Å². The molecule has 3 N–H and O–H groups in total. The minimum absolute atomic E-state index is 0.729. The third-order valence-corrected chi connectivity index (χ3v) is 2.70. The van der Waals surface area contributed by atoms with E-state index in [1.165, 1.54) is 5.56 Å². The van der Waals surface area contributed by atoms with Gasteiger partial charge in [0, 0.05) is 16.6 Å². The van der Waals surface area contributed by atoms with Gasteiger partial charge in [-0.05, 0) is 25.5 Å². The van der Waals surface area contributed by atoms with Crippen LogP contribution in [0.25, 0.3) is 0 Å². The first kappa shape index (κ1) is 12.2. The average Bonchev–Trinajstić information content (AvgIpc) is 2.24. The van der Waals surface area contributed by atoms with Gasteiger partial charge in [-0.2, -0.15) is 0 Å². The Hall–Kier alpha value is -0.870. The topological polar surface area (TPSA) is 50.4 Å². The summed E-state index contributed by atoms with van der Waals surface area (Å²) in [6, 6.07) is 6.10. The predicted molar refractivity (Wildman–Crippen MR) is 67.9 cm³/mol. The Kier molecular flexibility index (Phi) is 4.78. The number of hydrogen-bond donors (Lipinski definition) is 2. The van der Waals surface area contributed by atoms with Crippen LogP contribution in [0.1, 0.15) is 24.5 Å². The summed E-state index contributed by atoms with van der Waals surface area (Å²) in [7, 11) is 0. The maximum Gasteiger partial charge on any atom is 0.143 e. The second kappa shape index (κ2) is 5.88. The summed E-state index contributed by atoms with van der Waals surface area (Å²) < 4.78 is 1.00. The molecule has 0 aliphatic rings. The largest absolute Gasteiger partial charge is 0.308 e. The van der Waals surface area contributed by atoms with Crippen molar-refractivity contribution >= 4 is 21.8 Å². The van der Waals surface area contributed by atoms with E-state index in [0.717, 1.165) is 28.8 Å². The lowest BCUT2D eigenvalue weighted by atomic mass is 10.1. The van der Waals surface area contributed by atoms with Gasteiger partial charge in [-0.3, -0.25) is 4.99 Å². The number of aryl methyl sites for hydroxylation is 1. The smallest absolute Gasteiger partial charge is 0.143 e. The molecule has 0 heterocycles. The molecule has 0 unspecified atom stereocenters. The Morgan fingerprint density at radius 2 is 2.27 bits per heavy atom. The van der Waals surface area contributed by atoms with E-state index in [1.54, 1.807) is 0 Å². The van der Waals surface area contributed by atoms with Crippen LogP contribution >= 0.6 is 15.9 Å². The van der Waals surface area contributed by atoms with Crippen molar-refractivity contribution in [2.24, 2.45) is 10.8 Å². The van der Waals surface area contributed by atoms with E-state index in [9.17, 15) is 0 Å². The van der Waals surface area contributed by atoms with Crippen LogP contribution in [0.15, 0.2) is 27.7 Å². The second-order valence-electron chi connectivity index (χ2n) is 3.36. The molecule has 3 nitrogen and oxygen atoms in total. The van der Waals surface area contributed by atoms with E-state index in [-0.39, 0.29) is 0 Å². The molecule has 0 atom stereocenters. The molecule has 4 heteroatoms. The number of nitrogens with zero attached hydrogens (tertiary/aromatic N) is 1. The van der Waals surface area contributed by atoms with Crippen molar-refractivity contribution in [1.29, 1.82) is 0 Å². The van der Waals surface area contributed by atoms with Gasteiger partial charge in [0.25, 0.3) is 0 Å². The highest BCUT2D eigenvalue weighted by molar-refractivity contribution is 9.10. The van der Waals surface area contributed by atoms with Crippen LogP contribution in [0, 0.1) is 6.92 Å². The molecule has 0 radical (unpaired) electrons. The number of benzene rings is 1. The molecule has 0 spiro atoms. The van der Waals surface area contributed by atoms with Crippen molar-refractivity contribution in [2.75, 3.05) is 6.54 Å². The van der Waals surface area contributed by atoms with Gasteiger partial charge in [-0.1, -0.05) is 34.5 Å². The molecule has 0 saturated carbocycles. The zero-order chi connectivity index (χ0) is 11.3. The van der Waals surface area contributed by atoms with Gasteiger partial charge in [0.2, 0.25) is 0 Å². The third kappa shape index (κ3) is 3.32. The van der Waals surface area contributed by atoms with Crippen LogP contribution < -0.4 is 11.3 Å². The zero-order valence-electron chi connectivity index (χ0n) is 9.05. The quantitative estimate of drug-likeness (QED) is 0.383. The lowest BCUT2D eigenvalue weighted by molar-refractivity contribution is 0.907. The SMILES string of the molecule is CCCN=C(NN)c1cc(C)ccc1Br. The highest BCUT2D eigenvalue weighted by Gasteiger charge is 2.06. The van der Waals surface area contributed by atoms with Crippen LogP contribution in [0.3, 0.4) is 0 Å². The summed E-state index contributed by atoms with van der Waals surface area (Å²) in [4.78, 5) is 4.38. The summed E-state index contributed by atoms with van der Waals surface area (Å²) >= 11 is 3.49. The number of hydrazine groups is 1. The number of amidine groups is 1. The number of aliphatic imine (C=N–C) groups is 1. The van der Waals surface area contributed by atoms with Crippen molar-refractivity contribution in [3.63, 3.8) is 0 Å². The normalized spacial score (nSPS) is 11.6. The number of halogens is 1. The Morgan fingerprint density at radius 3 is 2.87 bits per heavy atom. The first-order valence-corrected chi connectivity index (χ1v) is 5.76. The van der Waals surface area contributed by atoms with Crippen molar-refractivity contribution in [1.82, 2.24) is 5.43 Å². The molecule has 0 aliphatic carbocycles.